The summed E-state index contributed by atoms with van der Waals surface area (Å²) in [6.07, 6.45) is 6.08. The van der Waals surface area contributed by atoms with E-state index >= 15 is 0 Å². The largest absolute Gasteiger partial charge is 0.481 e. The summed E-state index contributed by atoms with van der Waals surface area (Å²) in [6, 6.07) is 0. The Bertz CT molecular complexity index is 231. The molecule has 3 heteroatoms. The number of carboxylic acids is 1. The predicted molar refractivity (Wildman–Crippen MR) is 47.4 cm³/mol. The van der Waals surface area contributed by atoms with Gasteiger partial charge in [0.05, 0.1) is 12.0 Å². The van der Waals surface area contributed by atoms with E-state index < -0.39 is 5.97 Å². The van der Waals surface area contributed by atoms with Crippen LogP contribution in [0.3, 0.4) is 0 Å². The van der Waals surface area contributed by atoms with Crippen molar-refractivity contribution < 1.29 is 14.6 Å². The van der Waals surface area contributed by atoms with Gasteiger partial charge >= 0.3 is 5.97 Å². The van der Waals surface area contributed by atoms with Gasteiger partial charge in [0.25, 0.3) is 0 Å². The molecule has 72 valence electrons. The van der Waals surface area contributed by atoms with Crippen LogP contribution in [0.1, 0.15) is 25.7 Å². The molecule has 1 aliphatic heterocycles. The molecule has 0 aromatic heterocycles. The third-order valence-corrected chi connectivity index (χ3v) is 2.75. The first kappa shape index (κ1) is 8.75. The third kappa shape index (κ3) is 1.91. The van der Waals surface area contributed by atoms with Crippen LogP contribution in [0.4, 0.5) is 0 Å². The van der Waals surface area contributed by atoms with Crippen molar-refractivity contribution in [1.29, 1.82) is 0 Å². The Kier molecular flexibility index (Phi) is 2.36. The molecule has 0 amide bonds. The Morgan fingerprint density at radius 1 is 1.54 bits per heavy atom. The fraction of sp³-hybridized carbons (Fsp3) is 0.700. The molecule has 1 unspecified atom stereocenters. The van der Waals surface area contributed by atoms with E-state index in [1.165, 1.54) is 5.57 Å². The normalized spacial score (nSPS) is 32.8. The maximum absolute atomic E-state index is 10.5. The van der Waals surface area contributed by atoms with Crippen molar-refractivity contribution in [2.45, 2.75) is 31.8 Å². The number of ether oxygens (including phenoxy) is 1. The van der Waals surface area contributed by atoms with Gasteiger partial charge in [0.1, 0.15) is 0 Å². The van der Waals surface area contributed by atoms with Gasteiger partial charge in [-0.1, -0.05) is 11.6 Å². The summed E-state index contributed by atoms with van der Waals surface area (Å²) in [5.74, 6) is -0.794. The molecule has 1 atom stereocenters. The molecular formula is C10H14O3. The SMILES string of the molecule is O=C(O)C1CC(=CC2CCCO2)C1. The standard InChI is InChI=1S/C10H14O3/c11-10(12)8-4-7(5-8)6-9-2-1-3-13-9/h6,8-9H,1-5H2,(H,11,12). The van der Waals surface area contributed by atoms with Crippen LogP contribution in [0.25, 0.3) is 0 Å². The van der Waals surface area contributed by atoms with Crippen LogP contribution in [0, 0.1) is 5.92 Å². The highest BCUT2D eigenvalue weighted by Gasteiger charge is 2.30. The molecule has 0 bridgehead atoms. The molecule has 0 aromatic carbocycles. The topological polar surface area (TPSA) is 46.5 Å². The molecule has 0 aromatic rings. The van der Waals surface area contributed by atoms with E-state index in [9.17, 15) is 4.79 Å². The monoisotopic (exact) mass is 182 g/mol. The number of allylic oxidation sites excluding steroid dienone is 1. The molecule has 2 fully saturated rings. The van der Waals surface area contributed by atoms with Crippen LogP contribution in [-0.2, 0) is 9.53 Å². The minimum absolute atomic E-state index is 0.132. The van der Waals surface area contributed by atoms with Crippen LogP contribution >= 0.6 is 0 Å². The minimum atomic E-state index is -0.663. The maximum atomic E-state index is 10.5. The van der Waals surface area contributed by atoms with Crippen LogP contribution in [0.2, 0.25) is 0 Å². The van der Waals surface area contributed by atoms with Crippen molar-refractivity contribution in [2.75, 3.05) is 6.61 Å². The highest BCUT2D eigenvalue weighted by atomic mass is 16.5. The van der Waals surface area contributed by atoms with Crippen LogP contribution in [0.15, 0.2) is 11.6 Å². The van der Waals surface area contributed by atoms with E-state index in [1.54, 1.807) is 0 Å². The van der Waals surface area contributed by atoms with Gasteiger partial charge in [0, 0.05) is 6.61 Å². The molecule has 0 radical (unpaired) electrons. The molecule has 2 rings (SSSR count). The van der Waals surface area contributed by atoms with Gasteiger partial charge in [0.15, 0.2) is 0 Å². The molecule has 1 heterocycles. The molecule has 1 saturated heterocycles. The Balaban J connectivity index is 1.81. The predicted octanol–water partition coefficient (Wildman–Crippen LogP) is 1.59. The molecule has 2 aliphatic rings. The van der Waals surface area contributed by atoms with Crippen molar-refractivity contribution in [1.82, 2.24) is 0 Å². The highest BCUT2D eigenvalue weighted by Crippen LogP contribution is 2.34. The average molecular weight is 182 g/mol. The van der Waals surface area contributed by atoms with E-state index in [0.717, 1.165) is 32.3 Å². The van der Waals surface area contributed by atoms with Crippen LogP contribution in [-0.4, -0.2) is 23.8 Å². The number of carboxylic acid groups (broad SMARTS) is 1. The van der Waals surface area contributed by atoms with Gasteiger partial charge in [-0.2, -0.15) is 0 Å². The van der Waals surface area contributed by atoms with Gasteiger partial charge < -0.3 is 9.84 Å². The van der Waals surface area contributed by atoms with Crippen molar-refractivity contribution in [3.8, 4) is 0 Å². The molecule has 0 spiro atoms. The van der Waals surface area contributed by atoms with E-state index in [2.05, 4.69) is 6.08 Å². The van der Waals surface area contributed by atoms with Gasteiger partial charge in [-0.25, -0.2) is 0 Å². The van der Waals surface area contributed by atoms with E-state index in [0.29, 0.717) is 0 Å². The summed E-state index contributed by atoms with van der Waals surface area (Å²) >= 11 is 0. The van der Waals surface area contributed by atoms with Crippen molar-refractivity contribution >= 4 is 5.97 Å². The Hall–Kier alpha value is -0.830. The van der Waals surface area contributed by atoms with E-state index in [-0.39, 0.29) is 12.0 Å². The first-order chi connectivity index (χ1) is 6.25. The van der Waals surface area contributed by atoms with E-state index in [4.69, 9.17) is 9.84 Å². The lowest BCUT2D eigenvalue weighted by Gasteiger charge is -2.26. The molecule has 1 saturated carbocycles. The fourth-order valence-corrected chi connectivity index (χ4v) is 1.88. The van der Waals surface area contributed by atoms with Gasteiger partial charge in [-0.05, 0) is 25.7 Å². The van der Waals surface area contributed by atoms with Crippen molar-refractivity contribution in [3.63, 3.8) is 0 Å². The molecular weight excluding hydrogens is 168 g/mol. The molecule has 1 N–H and O–H groups in total. The first-order valence-corrected chi connectivity index (χ1v) is 4.79. The quantitative estimate of drug-likeness (QED) is 0.659. The average Bonchev–Trinajstić information content (AvgIpc) is 2.46. The van der Waals surface area contributed by atoms with Gasteiger partial charge in [-0.3, -0.25) is 4.79 Å². The smallest absolute Gasteiger partial charge is 0.307 e. The number of aliphatic carboxylic acids is 1. The van der Waals surface area contributed by atoms with Crippen LogP contribution < -0.4 is 0 Å². The van der Waals surface area contributed by atoms with Gasteiger partial charge in [0.2, 0.25) is 0 Å². The Morgan fingerprint density at radius 2 is 2.31 bits per heavy atom. The number of carbonyl (C=O) groups is 1. The summed E-state index contributed by atoms with van der Waals surface area (Å²) in [7, 11) is 0. The maximum Gasteiger partial charge on any atom is 0.307 e. The zero-order valence-corrected chi connectivity index (χ0v) is 7.53. The molecule has 3 nitrogen and oxygen atoms in total. The zero-order valence-electron chi connectivity index (χ0n) is 7.53. The first-order valence-electron chi connectivity index (χ1n) is 4.79. The summed E-state index contributed by atoms with van der Waals surface area (Å²) in [4.78, 5) is 10.5. The number of hydrogen-bond donors (Lipinski definition) is 1. The lowest BCUT2D eigenvalue weighted by atomic mass is 9.79. The molecule has 13 heavy (non-hydrogen) atoms. The Morgan fingerprint density at radius 3 is 2.85 bits per heavy atom. The number of hydrogen-bond acceptors (Lipinski definition) is 2. The summed E-state index contributed by atoms with van der Waals surface area (Å²) in [5, 5.41) is 8.65. The number of rotatable bonds is 2. The summed E-state index contributed by atoms with van der Waals surface area (Å²) in [6.45, 7) is 0.858. The fourth-order valence-electron chi connectivity index (χ4n) is 1.88. The minimum Gasteiger partial charge on any atom is -0.481 e. The zero-order chi connectivity index (χ0) is 9.26. The highest BCUT2D eigenvalue weighted by molar-refractivity contribution is 5.72. The van der Waals surface area contributed by atoms with E-state index in [1.807, 2.05) is 0 Å². The summed E-state index contributed by atoms with van der Waals surface area (Å²) in [5.41, 5.74) is 1.26. The van der Waals surface area contributed by atoms with Crippen LogP contribution in [0.5, 0.6) is 0 Å². The second-order valence-electron chi connectivity index (χ2n) is 3.82. The van der Waals surface area contributed by atoms with Gasteiger partial charge in [-0.15, -0.1) is 0 Å². The van der Waals surface area contributed by atoms with Crippen molar-refractivity contribution in [2.24, 2.45) is 5.92 Å². The van der Waals surface area contributed by atoms with Crippen molar-refractivity contribution in [3.05, 3.63) is 11.6 Å². The lowest BCUT2D eigenvalue weighted by molar-refractivity contribution is -0.143. The summed E-state index contributed by atoms with van der Waals surface area (Å²) < 4.78 is 5.43. The Labute approximate surface area is 77.4 Å². The second kappa shape index (κ2) is 3.50. The molecule has 1 aliphatic carbocycles. The third-order valence-electron chi connectivity index (χ3n) is 2.75. The lowest BCUT2D eigenvalue weighted by Crippen LogP contribution is -2.24. The second-order valence-corrected chi connectivity index (χ2v) is 3.82.